The normalized spacial score (nSPS) is 9.42. The third kappa shape index (κ3) is 1.49. The van der Waals surface area contributed by atoms with E-state index in [1.54, 1.807) is 6.07 Å². The summed E-state index contributed by atoms with van der Waals surface area (Å²) in [7, 11) is 0. The van der Waals surface area contributed by atoms with Crippen LogP contribution in [0.4, 0.5) is 10.1 Å². The summed E-state index contributed by atoms with van der Waals surface area (Å²) in [6.45, 7) is 0. The fourth-order valence-corrected chi connectivity index (χ4v) is 1.07. The number of anilines is 1. The van der Waals surface area contributed by atoms with Crippen LogP contribution in [0.3, 0.4) is 0 Å². The zero-order chi connectivity index (χ0) is 9.14. The van der Waals surface area contributed by atoms with Crippen molar-refractivity contribution < 1.29 is 4.39 Å². The van der Waals surface area contributed by atoms with E-state index in [4.69, 9.17) is 22.6 Å². The highest BCUT2D eigenvalue weighted by atomic mass is 35.5. The lowest BCUT2D eigenvalue weighted by Gasteiger charge is -2.02. The first-order valence-corrected chi connectivity index (χ1v) is 3.64. The van der Waals surface area contributed by atoms with Crippen molar-refractivity contribution in [3.63, 3.8) is 0 Å². The standard InChI is InChI=1S/C8H6ClFN2/c9-7-5(3-4-11)1-2-6(12)8(7)10/h1-2H,3,12H2. The maximum Gasteiger partial charge on any atom is 0.164 e. The van der Waals surface area contributed by atoms with Gasteiger partial charge in [-0.3, -0.25) is 0 Å². The van der Waals surface area contributed by atoms with Crippen LogP contribution in [0.5, 0.6) is 0 Å². The number of nitriles is 1. The van der Waals surface area contributed by atoms with Gasteiger partial charge in [0.15, 0.2) is 5.82 Å². The lowest BCUT2D eigenvalue weighted by Crippen LogP contribution is -1.94. The van der Waals surface area contributed by atoms with Gasteiger partial charge in [0.2, 0.25) is 0 Å². The lowest BCUT2D eigenvalue weighted by molar-refractivity contribution is 0.631. The van der Waals surface area contributed by atoms with Crippen molar-refractivity contribution in [1.29, 1.82) is 5.26 Å². The van der Waals surface area contributed by atoms with Crippen molar-refractivity contribution in [1.82, 2.24) is 0 Å². The van der Waals surface area contributed by atoms with Crippen LogP contribution in [0.1, 0.15) is 5.56 Å². The van der Waals surface area contributed by atoms with E-state index in [1.807, 2.05) is 6.07 Å². The smallest absolute Gasteiger partial charge is 0.164 e. The van der Waals surface area contributed by atoms with E-state index in [-0.39, 0.29) is 17.1 Å². The molecule has 0 radical (unpaired) electrons. The number of nitrogens with two attached hydrogens (primary N) is 1. The number of nitrogens with zero attached hydrogens (tertiary/aromatic N) is 1. The van der Waals surface area contributed by atoms with E-state index < -0.39 is 5.82 Å². The summed E-state index contributed by atoms with van der Waals surface area (Å²) in [6, 6.07) is 4.82. The van der Waals surface area contributed by atoms with Crippen molar-refractivity contribution in [3.8, 4) is 6.07 Å². The Morgan fingerprint density at radius 2 is 2.25 bits per heavy atom. The highest BCUT2D eigenvalue weighted by Gasteiger charge is 2.08. The monoisotopic (exact) mass is 184 g/mol. The Morgan fingerprint density at radius 1 is 1.58 bits per heavy atom. The summed E-state index contributed by atoms with van der Waals surface area (Å²) < 4.78 is 12.9. The van der Waals surface area contributed by atoms with E-state index in [0.717, 1.165) is 0 Å². The molecule has 2 nitrogen and oxygen atoms in total. The summed E-state index contributed by atoms with van der Waals surface area (Å²) in [4.78, 5) is 0. The summed E-state index contributed by atoms with van der Waals surface area (Å²) in [5.41, 5.74) is 5.71. The Morgan fingerprint density at radius 3 is 2.83 bits per heavy atom. The van der Waals surface area contributed by atoms with E-state index in [1.165, 1.54) is 6.07 Å². The topological polar surface area (TPSA) is 49.8 Å². The minimum atomic E-state index is -0.649. The van der Waals surface area contributed by atoms with Crippen molar-refractivity contribution in [2.75, 3.05) is 5.73 Å². The molecule has 4 heteroatoms. The highest BCUT2D eigenvalue weighted by Crippen LogP contribution is 2.24. The van der Waals surface area contributed by atoms with Crippen LogP contribution in [0.15, 0.2) is 12.1 Å². The average molecular weight is 185 g/mol. The van der Waals surface area contributed by atoms with E-state index >= 15 is 0 Å². The van der Waals surface area contributed by atoms with Gasteiger partial charge in [0.1, 0.15) is 0 Å². The predicted molar refractivity (Wildman–Crippen MR) is 45.1 cm³/mol. The van der Waals surface area contributed by atoms with Crippen LogP contribution in [0, 0.1) is 17.1 Å². The molecule has 0 saturated carbocycles. The molecule has 1 rings (SSSR count). The van der Waals surface area contributed by atoms with Gasteiger partial charge in [-0.2, -0.15) is 5.26 Å². The van der Waals surface area contributed by atoms with Gasteiger partial charge < -0.3 is 5.73 Å². The van der Waals surface area contributed by atoms with Crippen molar-refractivity contribution >= 4 is 17.3 Å². The molecule has 62 valence electrons. The summed E-state index contributed by atoms with van der Waals surface area (Å²) >= 11 is 5.57. The molecule has 0 saturated heterocycles. The van der Waals surface area contributed by atoms with Crippen LogP contribution >= 0.6 is 11.6 Å². The fraction of sp³-hybridized carbons (Fsp3) is 0.125. The molecule has 0 bridgehead atoms. The minimum Gasteiger partial charge on any atom is -0.396 e. The molecule has 0 atom stereocenters. The third-order valence-electron chi connectivity index (χ3n) is 1.46. The number of hydrogen-bond acceptors (Lipinski definition) is 2. The molecular weight excluding hydrogens is 179 g/mol. The van der Waals surface area contributed by atoms with E-state index in [9.17, 15) is 4.39 Å². The van der Waals surface area contributed by atoms with Crippen molar-refractivity contribution in [3.05, 3.63) is 28.5 Å². The number of benzene rings is 1. The molecule has 0 aromatic heterocycles. The largest absolute Gasteiger partial charge is 0.396 e. The first-order chi connectivity index (χ1) is 5.66. The van der Waals surface area contributed by atoms with Crippen molar-refractivity contribution in [2.45, 2.75) is 6.42 Å². The van der Waals surface area contributed by atoms with Crippen LogP contribution in [-0.4, -0.2) is 0 Å². The molecule has 2 N–H and O–H groups in total. The van der Waals surface area contributed by atoms with Gasteiger partial charge in [0, 0.05) is 0 Å². The second-order valence-corrected chi connectivity index (χ2v) is 2.65. The van der Waals surface area contributed by atoms with E-state index in [2.05, 4.69) is 0 Å². The molecule has 0 fully saturated rings. The van der Waals surface area contributed by atoms with Crippen LogP contribution in [0.25, 0.3) is 0 Å². The van der Waals surface area contributed by atoms with Gasteiger partial charge in [-0.25, -0.2) is 4.39 Å². The van der Waals surface area contributed by atoms with Gasteiger partial charge in [-0.1, -0.05) is 17.7 Å². The molecule has 0 heterocycles. The lowest BCUT2D eigenvalue weighted by atomic mass is 10.1. The van der Waals surface area contributed by atoms with Gasteiger partial charge in [-0.15, -0.1) is 0 Å². The first-order valence-electron chi connectivity index (χ1n) is 3.26. The van der Waals surface area contributed by atoms with Gasteiger partial charge >= 0.3 is 0 Å². The molecule has 0 aliphatic rings. The average Bonchev–Trinajstić information content (AvgIpc) is 2.07. The minimum absolute atomic E-state index is 0.00156. The van der Waals surface area contributed by atoms with Gasteiger partial charge in [0.05, 0.1) is 23.2 Å². The summed E-state index contributed by atoms with van der Waals surface area (Å²) in [5, 5.41) is 8.28. The molecule has 1 aromatic carbocycles. The summed E-state index contributed by atoms with van der Waals surface area (Å²) in [6.07, 6.45) is 0.0933. The van der Waals surface area contributed by atoms with Crippen LogP contribution in [-0.2, 0) is 6.42 Å². The Labute approximate surface area is 74.4 Å². The Bertz CT molecular complexity index is 344. The number of rotatable bonds is 1. The van der Waals surface area contributed by atoms with Gasteiger partial charge in [0.25, 0.3) is 0 Å². The predicted octanol–water partition coefficient (Wildman–Crippen LogP) is 2.13. The highest BCUT2D eigenvalue weighted by molar-refractivity contribution is 6.31. The maximum atomic E-state index is 12.9. The number of hydrogen-bond donors (Lipinski definition) is 1. The Balaban J connectivity index is 3.19. The SMILES string of the molecule is N#CCc1ccc(N)c(F)c1Cl. The fourth-order valence-electron chi connectivity index (χ4n) is 0.826. The zero-order valence-corrected chi connectivity index (χ0v) is 6.90. The van der Waals surface area contributed by atoms with Gasteiger partial charge in [-0.05, 0) is 11.6 Å². The Kier molecular flexibility index (Phi) is 2.51. The maximum absolute atomic E-state index is 12.9. The number of nitrogen functional groups attached to an aromatic ring is 1. The first kappa shape index (κ1) is 8.82. The second-order valence-electron chi connectivity index (χ2n) is 2.28. The molecule has 0 aliphatic heterocycles. The third-order valence-corrected chi connectivity index (χ3v) is 1.87. The number of halogens is 2. The van der Waals surface area contributed by atoms with Crippen LogP contribution < -0.4 is 5.73 Å². The molecule has 1 aromatic rings. The molecule has 0 unspecified atom stereocenters. The van der Waals surface area contributed by atoms with E-state index in [0.29, 0.717) is 5.56 Å². The molecule has 0 amide bonds. The molecule has 12 heavy (non-hydrogen) atoms. The second kappa shape index (κ2) is 3.42. The quantitative estimate of drug-likeness (QED) is 0.680. The zero-order valence-electron chi connectivity index (χ0n) is 6.14. The van der Waals surface area contributed by atoms with Crippen molar-refractivity contribution in [2.24, 2.45) is 0 Å². The Hall–Kier alpha value is -1.27. The summed E-state index contributed by atoms with van der Waals surface area (Å²) in [5.74, 6) is -0.649. The molecule has 0 aliphatic carbocycles. The van der Waals surface area contributed by atoms with Crippen LogP contribution in [0.2, 0.25) is 5.02 Å². The molecule has 0 spiro atoms. The molecular formula is C8H6ClFN2.